The Labute approximate surface area is 123 Å². The average Bonchev–Trinajstić information content (AvgIpc) is 2.72. The molecule has 0 atom stereocenters. The second-order valence-corrected chi connectivity index (χ2v) is 6.99. The number of amidine groups is 1. The lowest BCUT2D eigenvalue weighted by Gasteiger charge is -2.32. The van der Waals surface area contributed by atoms with Crippen molar-refractivity contribution in [2.45, 2.75) is 24.2 Å². The molecule has 0 aliphatic carbocycles. The molecule has 0 aromatic heterocycles. The van der Waals surface area contributed by atoms with Crippen molar-refractivity contribution in [3.8, 4) is 0 Å². The summed E-state index contributed by atoms with van der Waals surface area (Å²) in [5.74, 6) is -0.119. The first-order valence-corrected chi connectivity index (χ1v) is 8.32. The van der Waals surface area contributed by atoms with Crippen molar-refractivity contribution in [1.82, 2.24) is 4.90 Å². The fourth-order valence-electron chi connectivity index (χ4n) is 2.91. The van der Waals surface area contributed by atoms with E-state index in [1.54, 1.807) is 24.3 Å². The van der Waals surface area contributed by atoms with Crippen molar-refractivity contribution in [2.75, 3.05) is 13.1 Å². The summed E-state index contributed by atoms with van der Waals surface area (Å²) in [6.45, 7) is 1.28. The van der Waals surface area contributed by atoms with Crippen molar-refractivity contribution >= 4 is 21.8 Å². The zero-order valence-electron chi connectivity index (χ0n) is 11.4. The number of carboxylic acids is 1. The highest BCUT2D eigenvalue weighted by Gasteiger charge is 2.33. The van der Waals surface area contributed by atoms with Gasteiger partial charge < -0.3 is 10.0 Å². The Balaban J connectivity index is 1.79. The minimum Gasteiger partial charge on any atom is -0.481 e. The molecule has 1 saturated heterocycles. The van der Waals surface area contributed by atoms with Gasteiger partial charge in [0.1, 0.15) is 4.90 Å². The topological polar surface area (TPSA) is 87.0 Å². The molecule has 6 nitrogen and oxygen atoms in total. The lowest BCUT2D eigenvalue weighted by molar-refractivity contribution is -0.138. The van der Waals surface area contributed by atoms with Crippen LogP contribution in [0, 0.1) is 5.92 Å². The van der Waals surface area contributed by atoms with Gasteiger partial charge in [-0.2, -0.15) is 8.42 Å². The Kier molecular flexibility index (Phi) is 3.44. The van der Waals surface area contributed by atoms with Gasteiger partial charge in [0.2, 0.25) is 0 Å². The number of sulfonamides is 1. The molecule has 7 heteroatoms. The van der Waals surface area contributed by atoms with Gasteiger partial charge in [0.15, 0.2) is 5.84 Å². The molecule has 21 heavy (non-hydrogen) atoms. The first-order valence-electron chi connectivity index (χ1n) is 6.88. The predicted molar refractivity (Wildman–Crippen MR) is 76.7 cm³/mol. The number of likely N-dealkylation sites (tertiary alicyclic amines) is 1. The van der Waals surface area contributed by atoms with Crippen molar-refractivity contribution in [2.24, 2.45) is 10.3 Å². The van der Waals surface area contributed by atoms with Crippen LogP contribution in [0.1, 0.15) is 24.8 Å². The molecule has 112 valence electrons. The summed E-state index contributed by atoms with van der Waals surface area (Å²) in [5, 5.41) is 8.83. The van der Waals surface area contributed by atoms with E-state index < -0.39 is 16.0 Å². The van der Waals surface area contributed by atoms with Gasteiger partial charge in [-0.15, -0.1) is 4.40 Å². The first-order chi connectivity index (χ1) is 9.97. The zero-order valence-corrected chi connectivity index (χ0v) is 12.2. The van der Waals surface area contributed by atoms with E-state index in [-0.39, 0.29) is 17.2 Å². The number of hydrogen-bond donors (Lipinski definition) is 1. The maximum Gasteiger partial charge on any atom is 0.303 e. The lowest BCUT2D eigenvalue weighted by Crippen LogP contribution is -2.38. The molecule has 0 saturated carbocycles. The molecular formula is C14H16N2O4S. The predicted octanol–water partition coefficient (Wildman–Crippen LogP) is 1.32. The number of rotatable bonds is 2. The highest BCUT2D eigenvalue weighted by molar-refractivity contribution is 7.90. The van der Waals surface area contributed by atoms with Gasteiger partial charge >= 0.3 is 5.97 Å². The highest BCUT2D eigenvalue weighted by atomic mass is 32.2. The van der Waals surface area contributed by atoms with E-state index >= 15 is 0 Å². The van der Waals surface area contributed by atoms with Crippen LogP contribution in [0.2, 0.25) is 0 Å². The summed E-state index contributed by atoms with van der Waals surface area (Å²) in [6.07, 6.45) is 1.66. The van der Waals surface area contributed by atoms with E-state index in [2.05, 4.69) is 4.40 Å². The molecule has 2 aliphatic heterocycles. The number of benzene rings is 1. The quantitative estimate of drug-likeness (QED) is 0.890. The molecule has 0 radical (unpaired) electrons. The van der Waals surface area contributed by atoms with E-state index in [1.165, 1.54) is 0 Å². The maximum atomic E-state index is 12.0. The molecular weight excluding hydrogens is 292 g/mol. The highest BCUT2D eigenvalue weighted by Crippen LogP contribution is 2.30. The number of nitrogens with zero attached hydrogens (tertiary/aromatic N) is 2. The van der Waals surface area contributed by atoms with E-state index in [0.717, 1.165) is 12.8 Å². The molecule has 0 amide bonds. The summed E-state index contributed by atoms with van der Waals surface area (Å²) in [4.78, 5) is 12.9. The molecule has 0 bridgehead atoms. The van der Waals surface area contributed by atoms with Crippen LogP contribution in [0.3, 0.4) is 0 Å². The van der Waals surface area contributed by atoms with Crippen LogP contribution in [0.4, 0.5) is 0 Å². The van der Waals surface area contributed by atoms with Gasteiger partial charge in [-0.1, -0.05) is 12.1 Å². The number of fused-ring (bicyclic) bond motifs is 1. The smallest absolute Gasteiger partial charge is 0.303 e. The molecule has 1 aromatic carbocycles. The summed E-state index contributed by atoms with van der Waals surface area (Å²) < 4.78 is 27.9. The third kappa shape index (κ3) is 2.65. The van der Waals surface area contributed by atoms with Crippen molar-refractivity contribution in [1.29, 1.82) is 0 Å². The Morgan fingerprint density at radius 1 is 1.29 bits per heavy atom. The van der Waals surface area contributed by atoms with Gasteiger partial charge in [-0.05, 0) is 30.9 Å². The summed E-state index contributed by atoms with van der Waals surface area (Å²) in [7, 11) is -3.58. The summed E-state index contributed by atoms with van der Waals surface area (Å²) in [6, 6.07) is 6.82. The second kappa shape index (κ2) is 5.14. The number of carbonyl (C=O) groups is 1. The molecule has 2 aliphatic rings. The Morgan fingerprint density at radius 3 is 2.62 bits per heavy atom. The number of aliphatic carboxylic acids is 1. The second-order valence-electron chi connectivity index (χ2n) is 5.41. The van der Waals surface area contributed by atoms with Crippen molar-refractivity contribution < 1.29 is 18.3 Å². The first kappa shape index (κ1) is 14.1. The third-order valence-corrected chi connectivity index (χ3v) is 5.31. The molecule has 2 heterocycles. The normalized spacial score (nSPS) is 21.0. The molecule has 1 aromatic rings. The maximum absolute atomic E-state index is 12.0. The number of hydrogen-bond acceptors (Lipinski definition) is 4. The fraction of sp³-hybridized carbons (Fsp3) is 0.429. The molecule has 1 fully saturated rings. The van der Waals surface area contributed by atoms with Crippen LogP contribution >= 0.6 is 0 Å². The summed E-state index contributed by atoms with van der Waals surface area (Å²) >= 11 is 0. The third-order valence-electron chi connectivity index (χ3n) is 3.99. The Bertz CT molecular complexity index is 703. The SMILES string of the molecule is O=C(O)CC1CCN(C2=NS(=O)(=O)c3ccccc32)CC1. The number of piperidine rings is 1. The minimum absolute atomic E-state index is 0.160. The lowest BCUT2D eigenvalue weighted by atomic mass is 9.93. The van der Waals surface area contributed by atoms with Crippen LogP contribution in [0.5, 0.6) is 0 Å². The molecule has 1 N–H and O–H groups in total. The van der Waals surface area contributed by atoms with Crippen molar-refractivity contribution in [3.63, 3.8) is 0 Å². The van der Waals surface area contributed by atoms with Crippen LogP contribution < -0.4 is 0 Å². The zero-order chi connectivity index (χ0) is 15.0. The van der Waals surface area contributed by atoms with Gasteiger partial charge in [0.25, 0.3) is 10.0 Å². The van der Waals surface area contributed by atoms with Crippen molar-refractivity contribution in [3.05, 3.63) is 29.8 Å². The fourth-order valence-corrected chi connectivity index (χ4v) is 4.14. The van der Waals surface area contributed by atoms with Gasteiger partial charge in [-0.3, -0.25) is 4.79 Å². The van der Waals surface area contributed by atoms with Gasteiger partial charge in [-0.25, -0.2) is 0 Å². The van der Waals surface area contributed by atoms with Crippen LogP contribution in [0.25, 0.3) is 0 Å². The minimum atomic E-state index is -3.58. The molecule has 0 unspecified atom stereocenters. The van der Waals surface area contributed by atoms with Gasteiger partial charge in [0.05, 0.1) is 0 Å². The van der Waals surface area contributed by atoms with Crippen LogP contribution in [-0.2, 0) is 14.8 Å². The van der Waals surface area contributed by atoms with E-state index in [4.69, 9.17) is 5.11 Å². The Hall–Kier alpha value is -1.89. The van der Waals surface area contributed by atoms with Crippen LogP contribution in [-0.4, -0.2) is 43.3 Å². The van der Waals surface area contributed by atoms with E-state index in [9.17, 15) is 13.2 Å². The van der Waals surface area contributed by atoms with E-state index in [1.807, 2.05) is 4.90 Å². The average molecular weight is 308 g/mol. The van der Waals surface area contributed by atoms with Crippen LogP contribution in [0.15, 0.2) is 33.6 Å². The summed E-state index contributed by atoms with van der Waals surface area (Å²) in [5.41, 5.74) is 0.647. The molecule has 0 spiro atoms. The van der Waals surface area contributed by atoms with E-state index in [0.29, 0.717) is 24.5 Å². The largest absolute Gasteiger partial charge is 0.481 e. The van der Waals surface area contributed by atoms with Gasteiger partial charge in [0, 0.05) is 25.1 Å². The Morgan fingerprint density at radius 2 is 1.95 bits per heavy atom. The standard InChI is InChI=1S/C14H16N2O4S/c17-13(18)9-10-5-7-16(8-6-10)14-11-3-1-2-4-12(11)21(19,20)15-14/h1-4,10H,5-9H2,(H,17,18). The monoisotopic (exact) mass is 308 g/mol. The number of carboxylic acid groups (broad SMARTS) is 1. The molecule has 3 rings (SSSR count).